The van der Waals surface area contributed by atoms with Gasteiger partial charge in [0, 0.05) is 12.6 Å². The van der Waals surface area contributed by atoms with Crippen molar-refractivity contribution in [3.63, 3.8) is 0 Å². The number of rotatable bonds is 5. The summed E-state index contributed by atoms with van der Waals surface area (Å²) in [6.07, 6.45) is 1.16. The quantitative estimate of drug-likeness (QED) is 0.858. The van der Waals surface area contributed by atoms with Gasteiger partial charge in [0.25, 0.3) is 0 Å². The van der Waals surface area contributed by atoms with Gasteiger partial charge in [0.05, 0.1) is 0 Å². The van der Waals surface area contributed by atoms with Gasteiger partial charge in [0.2, 0.25) is 0 Å². The molecule has 3 N–H and O–H groups in total. The van der Waals surface area contributed by atoms with Gasteiger partial charge in [-0.05, 0) is 39.2 Å². The average molecular weight is 264 g/mol. The Morgan fingerprint density at radius 1 is 1.32 bits per heavy atom. The van der Waals surface area contributed by atoms with Crippen molar-refractivity contribution < 1.29 is 9.53 Å². The van der Waals surface area contributed by atoms with E-state index in [1.54, 1.807) is 0 Å². The van der Waals surface area contributed by atoms with Gasteiger partial charge in [-0.15, -0.1) is 0 Å². The van der Waals surface area contributed by atoms with Crippen LogP contribution in [0.25, 0.3) is 0 Å². The zero-order valence-corrected chi connectivity index (χ0v) is 12.0. The molecular formula is C15H24N2O2. The number of hydrogen-bond donors (Lipinski definition) is 2. The number of carbonyl (C=O) groups is 1. The second-order valence-electron chi connectivity index (χ2n) is 5.67. The molecule has 0 aliphatic carbocycles. The Morgan fingerprint density at radius 3 is 2.53 bits per heavy atom. The lowest BCUT2D eigenvalue weighted by Crippen LogP contribution is -2.35. The van der Waals surface area contributed by atoms with Crippen molar-refractivity contribution in [3.8, 4) is 0 Å². The zero-order chi connectivity index (χ0) is 14.3. The molecule has 0 bridgehead atoms. The van der Waals surface area contributed by atoms with Crippen molar-refractivity contribution in [2.75, 3.05) is 6.54 Å². The summed E-state index contributed by atoms with van der Waals surface area (Å²) in [6.45, 7) is 6.05. The average Bonchev–Trinajstić information content (AvgIpc) is 2.27. The number of hydrogen-bond acceptors (Lipinski definition) is 3. The number of nitrogens with one attached hydrogen (secondary N) is 1. The standard InChI is InChI=1S/C15H24N2O2/c1-15(2,3)19-14(18)17-10-9-13(16)11-12-7-5-4-6-8-12/h4-8,13H,9-11,16H2,1-3H3,(H,17,18). The van der Waals surface area contributed by atoms with Gasteiger partial charge < -0.3 is 15.8 Å². The van der Waals surface area contributed by atoms with E-state index >= 15 is 0 Å². The van der Waals surface area contributed by atoms with Crippen molar-refractivity contribution in [2.24, 2.45) is 5.73 Å². The summed E-state index contributed by atoms with van der Waals surface area (Å²) < 4.78 is 5.15. The minimum Gasteiger partial charge on any atom is -0.444 e. The van der Waals surface area contributed by atoms with Crippen LogP contribution in [0.3, 0.4) is 0 Å². The van der Waals surface area contributed by atoms with Gasteiger partial charge in [-0.3, -0.25) is 0 Å². The summed E-state index contributed by atoms with van der Waals surface area (Å²) in [5, 5.41) is 2.71. The molecule has 0 saturated heterocycles. The van der Waals surface area contributed by atoms with Crippen LogP contribution in [0.15, 0.2) is 30.3 Å². The van der Waals surface area contributed by atoms with Gasteiger partial charge in [-0.25, -0.2) is 4.79 Å². The van der Waals surface area contributed by atoms with Crippen molar-refractivity contribution in [2.45, 2.75) is 45.3 Å². The maximum absolute atomic E-state index is 11.4. The molecule has 0 aliphatic heterocycles. The Hall–Kier alpha value is -1.55. The summed E-state index contributed by atoms with van der Waals surface area (Å²) in [4.78, 5) is 11.4. The molecule has 4 nitrogen and oxygen atoms in total. The Morgan fingerprint density at radius 2 is 1.95 bits per heavy atom. The molecule has 0 radical (unpaired) electrons. The van der Waals surface area contributed by atoms with Crippen molar-refractivity contribution in [3.05, 3.63) is 35.9 Å². The number of benzene rings is 1. The van der Waals surface area contributed by atoms with Crippen LogP contribution in [-0.4, -0.2) is 24.3 Å². The SMILES string of the molecule is CC(C)(C)OC(=O)NCCC(N)Cc1ccccc1. The maximum Gasteiger partial charge on any atom is 0.407 e. The molecule has 0 spiro atoms. The Kier molecular flexibility index (Phi) is 5.83. The van der Waals surface area contributed by atoms with E-state index < -0.39 is 5.60 Å². The second-order valence-corrected chi connectivity index (χ2v) is 5.67. The van der Waals surface area contributed by atoms with Crippen LogP contribution in [0.1, 0.15) is 32.8 Å². The zero-order valence-electron chi connectivity index (χ0n) is 12.0. The Balaban J connectivity index is 2.21. The van der Waals surface area contributed by atoms with Gasteiger partial charge in [-0.1, -0.05) is 30.3 Å². The fraction of sp³-hybridized carbons (Fsp3) is 0.533. The number of ether oxygens (including phenoxy) is 1. The van der Waals surface area contributed by atoms with E-state index in [4.69, 9.17) is 10.5 Å². The topological polar surface area (TPSA) is 64.3 Å². The Bertz CT molecular complexity index is 385. The van der Waals surface area contributed by atoms with Gasteiger partial charge in [0.15, 0.2) is 0 Å². The molecule has 0 aromatic heterocycles. The van der Waals surface area contributed by atoms with E-state index in [2.05, 4.69) is 17.4 Å². The highest BCUT2D eigenvalue weighted by Crippen LogP contribution is 2.07. The van der Waals surface area contributed by atoms with E-state index in [1.807, 2.05) is 39.0 Å². The molecule has 4 heteroatoms. The molecule has 1 atom stereocenters. The van der Waals surface area contributed by atoms with E-state index in [1.165, 1.54) is 5.56 Å². The lowest BCUT2D eigenvalue weighted by atomic mass is 10.0. The van der Waals surface area contributed by atoms with Gasteiger partial charge in [0.1, 0.15) is 5.60 Å². The molecule has 1 unspecified atom stereocenters. The van der Waals surface area contributed by atoms with E-state index in [-0.39, 0.29) is 12.1 Å². The number of nitrogens with two attached hydrogens (primary N) is 1. The predicted molar refractivity (Wildman–Crippen MR) is 77.0 cm³/mol. The second kappa shape index (κ2) is 7.14. The van der Waals surface area contributed by atoms with Crippen LogP contribution in [0.5, 0.6) is 0 Å². The maximum atomic E-state index is 11.4. The normalized spacial score (nSPS) is 12.8. The molecule has 0 heterocycles. The highest BCUT2D eigenvalue weighted by atomic mass is 16.6. The third kappa shape index (κ3) is 7.47. The fourth-order valence-corrected chi connectivity index (χ4v) is 1.69. The third-order valence-corrected chi connectivity index (χ3v) is 2.52. The van der Waals surface area contributed by atoms with Gasteiger partial charge in [-0.2, -0.15) is 0 Å². The van der Waals surface area contributed by atoms with E-state index in [0.29, 0.717) is 6.54 Å². The van der Waals surface area contributed by atoms with Crippen LogP contribution in [0, 0.1) is 0 Å². The minimum atomic E-state index is -0.462. The highest BCUT2D eigenvalue weighted by molar-refractivity contribution is 5.67. The van der Waals surface area contributed by atoms with Crippen molar-refractivity contribution in [1.82, 2.24) is 5.32 Å². The summed E-state index contributed by atoms with van der Waals surface area (Å²) >= 11 is 0. The smallest absolute Gasteiger partial charge is 0.407 e. The van der Waals surface area contributed by atoms with Crippen LogP contribution in [0.2, 0.25) is 0 Å². The van der Waals surface area contributed by atoms with Crippen LogP contribution >= 0.6 is 0 Å². The summed E-state index contributed by atoms with van der Waals surface area (Å²) in [6, 6.07) is 10.1. The molecule has 1 aromatic rings. The molecule has 106 valence electrons. The van der Waals surface area contributed by atoms with E-state index in [0.717, 1.165) is 12.8 Å². The van der Waals surface area contributed by atoms with Crippen LogP contribution in [0.4, 0.5) is 4.79 Å². The highest BCUT2D eigenvalue weighted by Gasteiger charge is 2.15. The minimum absolute atomic E-state index is 0.0392. The molecule has 0 fully saturated rings. The molecule has 1 amide bonds. The number of carbonyl (C=O) groups excluding carboxylic acids is 1. The lowest BCUT2D eigenvalue weighted by molar-refractivity contribution is 0.0526. The molecular weight excluding hydrogens is 240 g/mol. The largest absolute Gasteiger partial charge is 0.444 e. The first kappa shape index (κ1) is 15.5. The third-order valence-electron chi connectivity index (χ3n) is 2.52. The first-order chi connectivity index (χ1) is 8.87. The van der Waals surface area contributed by atoms with E-state index in [9.17, 15) is 4.79 Å². The first-order valence-corrected chi connectivity index (χ1v) is 6.63. The molecule has 1 aromatic carbocycles. The summed E-state index contributed by atoms with van der Waals surface area (Å²) in [5.41, 5.74) is 6.78. The van der Waals surface area contributed by atoms with Gasteiger partial charge >= 0.3 is 6.09 Å². The molecule has 0 saturated carbocycles. The predicted octanol–water partition coefficient (Wildman–Crippen LogP) is 2.47. The van der Waals surface area contributed by atoms with Crippen LogP contribution in [-0.2, 0) is 11.2 Å². The Labute approximate surface area is 115 Å². The number of alkyl carbamates (subject to hydrolysis) is 1. The summed E-state index contributed by atoms with van der Waals surface area (Å²) in [5.74, 6) is 0. The monoisotopic (exact) mass is 264 g/mol. The van der Waals surface area contributed by atoms with Crippen molar-refractivity contribution >= 4 is 6.09 Å². The summed E-state index contributed by atoms with van der Waals surface area (Å²) in [7, 11) is 0. The molecule has 1 rings (SSSR count). The first-order valence-electron chi connectivity index (χ1n) is 6.63. The molecule has 0 aliphatic rings. The van der Waals surface area contributed by atoms with Crippen LogP contribution < -0.4 is 11.1 Å². The molecule has 19 heavy (non-hydrogen) atoms. The van der Waals surface area contributed by atoms with Crippen molar-refractivity contribution in [1.29, 1.82) is 0 Å². The lowest BCUT2D eigenvalue weighted by Gasteiger charge is -2.20. The fourth-order valence-electron chi connectivity index (χ4n) is 1.69. The number of amides is 1.